The molecule has 0 spiro atoms. The van der Waals surface area contributed by atoms with Crippen molar-refractivity contribution in [2.75, 3.05) is 9.62 Å². The van der Waals surface area contributed by atoms with Gasteiger partial charge in [0, 0.05) is 27.3 Å². The summed E-state index contributed by atoms with van der Waals surface area (Å²) < 4.78 is 27.9. The number of anilines is 2. The number of nitrogens with zero attached hydrogens (tertiary/aromatic N) is 1. The summed E-state index contributed by atoms with van der Waals surface area (Å²) in [4.78, 5) is 12.9. The molecule has 3 aromatic carbocycles. The minimum Gasteiger partial charge on any atom is -0.322 e. The van der Waals surface area contributed by atoms with Crippen LogP contribution in [-0.4, -0.2) is 20.4 Å². The highest BCUT2D eigenvalue weighted by molar-refractivity contribution is 7.92. The first-order valence-corrected chi connectivity index (χ1v) is 11.9. The zero-order valence-electron chi connectivity index (χ0n) is 16.9. The van der Waals surface area contributed by atoms with Gasteiger partial charge in [0.25, 0.3) is 15.9 Å². The molecule has 0 saturated heterocycles. The van der Waals surface area contributed by atoms with Gasteiger partial charge in [-0.25, -0.2) is 8.42 Å². The van der Waals surface area contributed by atoms with Gasteiger partial charge in [0.1, 0.15) is 0 Å². The summed E-state index contributed by atoms with van der Waals surface area (Å²) in [5.74, 6) is -0.283. The Bertz CT molecular complexity index is 1270. The normalized spacial score (nSPS) is 15.6. The van der Waals surface area contributed by atoms with Crippen molar-refractivity contribution < 1.29 is 13.2 Å². The minimum atomic E-state index is -3.75. The Morgan fingerprint density at radius 2 is 1.74 bits per heavy atom. The van der Waals surface area contributed by atoms with Crippen molar-refractivity contribution in [3.05, 3.63) is 87.4 Å². The summed E-state index contributed by atoms with van der Waals surface area (Å²) in [6, 6.07) is 16.2. The number of nitrogens with one attached hydrogen (secondary N) is 1. The molecule has 1 heterocycles. The quantitative estimate of drug-likeness (QED) is 0.527. The number of hydrogen-bond acceptors (Lipinski definition) is 3. The van der Waals surface area contributed by atoms with Crippen molar-refractivity contribution in [1.29, 1.82) is 0 Å². The Labute approximate surface area is 191 Å². The van der Waals surface area contributed by atoms with Crippen LogP contribution in [0.15, 0.2) is 65.6 Å². The van der Waals surface area contributed by atoms with Gasteiger partial charge in [-0.1, -0.05) is 29.3 Å². The summed E-state index contributed by atoms with van der Waals surface area (Å²) in [5.41, 5.74) is 3.36. The molecule has 0 radical (unpaired) electrons. The predicted molar refractivity (Wildman–Crippen MR) is 125 cm³/mol. The van der Waals surface area contributed by atoms with Gasteiger partial charge in [-0.3, -0.25) is 9.10 Å². The van der Waals surface area contributed by atoms with E-state index in [0.717, 1.165) is 11.1 Å². The lowest BCUT2D eigenvalue weighted by atomic mass is 10.1. The molecule has 0 aromatic heterocycles. The molecule has 4 rings (SSSR count). The van der Waals surface area contributed by atoms with Gasteiger partial charge in [0.05, 0.1) is 10.6 Å². The highest BCUT2D eigenvalue weighted by atomic mass is 35.5. The number of amides is 1. The van der Waals surface area contributed by atoms with E-state index in [1.807, 2.05) is 19.9 Å². The van der Waals surface area contributed by atoms with Crippen molar-refractivity contribution in [2.24, 2.45) is 0 Å². The lowest BCUT2D eigenvalue weighted by Gasteiger charge is -2.24. The standard InChI is InChI=1S/C23H20Cl2N2O3S/c1-14-3-7-19(13-21(14)25)26-23(28)16-4-10-22-17(12-16)11-15(2)27(22)31(29,30)20-8-5-18(24)6-9-20/h3-10,12-13,15H,11H2,1-2H3,(H,26,28)/t15-/m0/s1. The van der Waals surface area contributed by atoms with Gasteiger partial charge in [0.2, 0.25) is 0 Å². The first kappa shape index (κ1) is 21.7. The van der Waals surface area contributed by atoms with Gasteiger partial charge in [-0.2, -0.15) is 0 Å². The average Bonchev–Trinajstić information content (AvgIpc) is 3.06. The molecular weight excluding hydrogens is 455 g/mol. The first-order valence-electron chi connectivity index (χ1n) is 9.67. The summed E-state index contributed by atoms with van der Waals surface area (Å²) in [6.45, 7) is 3.74. The van der Waals surface area contributed by atoms with E-state index in [2.05, 4.69) is 5.32 Å². The largest absolute Gasteiger partial charge is 0.322 e. The highest BCUT2D eigenvalue weighted by Crippen LogP contribution is 2.37. The molecule has 0 bridgehead atoms. The van der Waals surface area contributed by atoms with Crippen LogP contribution in [0.2, 0.25) is 10.0 Å². The SMILES string of the molecule is Cc1ccc(NC(=O)c2ccc3c(c2)C[C@H](C)N3S(=O)(=O)c2ccc(Cl)cc2)cc1Cl. The number of carbonyl (C=O) groups is 1. The molecule has 1 amide bonds. The number of carbonyl (C=O) groups excluding carboxylic acids is 1. The molecule has 5 nitrogen and oxygen atoms in total. The van der Waals surface area contributed by atoms with Crippen LogP contribution >= 0.6 is 23.2 Å². The average molecular weight is 475 g/mol. The number of benzene rings is 3. The molecule has 0 unspecified atom stereocenters. The second kappa shape index (κ2) is 8.19. The number of hydrogen-bond donors (Lipinski definition) is 1. The molecule has 1 aliphatic heterocycles. The van der Waals surface area contributed by atoms with E-state index in [9.17, 15) is 13.2 Å². The summed E-state index contributed by atoms with van der Waals surface area (Å²) in [6.07, 6.45) is 0.514. The Kier molecular flexibility index (Phi) is 5.73. The van der Waals surface area contributed by atoms with E-state index in [0.29, 0.717) is 33.4 Å². The maximum atomic E-state index is 13.2. The molecule has 160 valence electrons. The van der Waals surface area contributed by atoms with Crippen molar-refractivity contribution >= 4 is 50.5 Å². The maximum absolute atomic E-state index is 13.2. The number of fused-ring (bicyclic) bond motifs is 1. The number of halogens is 2. The highest BCUT2D eigenvalue weighted by Gasteiger charge is 2.36. The Hall–Kier alpha value is -2.54. The maximum Gasteiger partial charge on any atom is 0.264 e. The molecule has 1 atom stereocenters. The monoisotopic (exact) mass is 474 g/mol. The van der Waals surface area contributed by atoms with Crippen molar-refractivity contribution in [2.45, 2.75) is 31.2 Å². The Balaban J connectivity index is 1.62. The number of sulfonamides is 1. The lowest BCUT2D eigenvalue weighted by molar-refractivity contribution is 0.102. The Morgan fingerprint density at radius 1 is 1.03 bits per heavy atom. The van der Waals surface area contributed by atoms with E-state index in [1.54, 1.807) is 42.5 Å². The van der Waals surface area contributed by atoms with E-state index in [4.69, 9.17) is 23.2 Å². The Morgan fingerprint density at radius 3 is 2.42 bits per heavy atom. The van der Waals surface area contributed by atoms with Crippen LogP contribution in [0.3, 0.4) is 0 Å². The fourth-order valence-corrected chi connectivity index (χ4v) is 5.70. The van der Waals surface area contributed by atoms with Crippen molar-refractivity contribution in [1.82, 2.24) is 0 Å². The fourth-order valence-electron chi connectivity index (χ4n) is 3.70. The summed E-state index contributed by atoms with van der Waals surface area (Å²) in [5, 5.41) is 3.88. The van der Waals surface area contributed by atoms with Crippen molar-refractivity contribution in [3.63, 3.8) is 0 Å². The third kappa shape index (κ3) is 4.15. The molecule has 8 heteroatoms. The van der Waals surface area contributed by atoms with Gasteiger partial charge in [-0.05, 0) is 86.0 Å². The van der Waals surface area contributed by atoms with E-state index in [1.165, 1.54) is 16.4 Å². The van der Waals surface area contributed by atoms with Crippen LogP contribution in [0.1, 0.15) is 28.4 Å². The van der Waals surface area contributed by atoms with Crippen LogP contribution in [0.4, 0.5) is 11.4 Å². The molecule has 1 N–H and O–H groups in total. The van der Waals surface area contributed by atoms with Crippen LogP contribution in [0, 0.1) is 6.92 Å². The van der Waals surface area contributed by atoms with E-state index in [-0.39, 0.29) is 16.8 Å². The van der Waals surface area contributed by atoms with Crippen LogP contribution in [-0.2, 0) is 16.4 Å². The molecule has 1 aliphatic rings. The molecule has 0 saturated carbocycles. The third-order valence-electron chi connectivity index (χ3n) is 5.29. The number of aryl methyl sites for hydroxylation is 1. The predicted octanol–water partition coefficient (Wildman–Crippen LogP) is 5.69. The van der Waals surface area contributed by atoms with Crippen LogP contribution in [0.5, 0.6) is 0 Å². The smallest absolute Gasteiger partial charge is 0.264 e. The minimum absolute atomic E-state index is 0.176. The van der Waals surface area contributed by atoms with Crippen LogP contribution < -0.4 is 9.62 Å². The van der Waals surface area contributed by atoms with Gasteiger partial charge in [0.15, 0.2) is 0 Å². The molecule has 3 aromatic rings. The first-order chi connectivity index (χ1) is 14.7. The van der Waals surface area contributed by atoms with E-state index < -0.39 is 10.0 Å². The lowest BCUT2D eigenvalue weighted by Crippen LogP contribution is -2.35. The van der Waals surface area contributed by atoms with Gasteiger partial charge in [-0.15, -0.1) is 0 Å². The molecule has 0 fully saturated rings. The zero-order chi connectivity index (χ0) is 22.3. The zero-order valence-corrected chi connectivity index (χ0v) is 19.2. The third-order valence-corrected chi connectivity index (χ3v) is 7.90. The fraction of sp³-hybridized carbons (Fsp3) is 0.174. The summed E-state index contributed by atoms with van der Waals surface area (Å²) in [7, 11) is -3.75. The van der Waals surface area contributed by atoms with Gasteiger partial charge < -0.3 is 5.32 Å². The second-order valence-electron chi connectivity index (χ2n) is 7.57. The molecular formula is C23H20Cl2N2O3S. The van der Waals surface area contributed by atoms with Crippen LogP contribution in [0.25, 0.3) is 0 Å². The van der Waals surface area contributed by atoms with E-state index >= 15 is 0 Å². The number of rotatable bonds is 4. The summed E-state index contributed by atoms with van der Waals surface area (Å²) >= 11 is 12.0. The van der Waals surface area contributed by atoms with Gasteiger partial charge >= 0.3 is 0 Å². The topological polar surface area (TPSA) is 66.5 Å². The van der Waals surface area contributed by atoms with Crippen molar-refractivity contribution in [3.8, 4) is 0 Å². The second-order valence-corrected chi connectivity index (χ2v) is 10.2. The molecule has 0 aliphatic carbocycles. The molecule has 31 heavy (non-hydrogen) atoms.